The third-order valence-corrected chi connectivity index (χ3v) is 9.16. The summed E-state index contributed by atoms with van der Waals surface area (Å²) >= 11 is 0. The van der Waals surface area contributed by atoms with Gasteiger partial charge >= 0.3 is 0 Å². The van der Waals surface area contributed by atoms with Gasteiger partial charge in [-0.2, -0.15) is 0 Å². The van der Waals surface area contributed by atoms with Crippen LogP contribution in [0.3, 0.4) is 0 Å². The zero-order chi connectivity index (χ0) is 24.7. The molecule has 0 radical (unpaired) electrons. The van der Waals surface area contributed by atoms with Crippen LogP contribution in [0, 0.1) is 5.41 Å². The van der Waals surface area contributed by atoms with Crippen LogP contribution in [0.2, 0.25) is 0 Å². The Morgan fingerprint density at radius 1 is 1.08 bits per heavy atom. The van der Waals surface area contributed by atoms with E-state index < -0.39 is 0 Å². The van der Waals surface area contributed by atoms with E-state index in [1.165, 1.54) is 55.5 Å². The van der Waals surface area contributed by atoms with Crippen molar-refractivity contribution in [3.63, 3.8) is 0 Å². The van der Waals surface area contributed by atoms with E-state index >= 15 is 0 Å². The fourth-order valence-corrected chi connectivity index (χ4v) is 7.20. The number of nitrogens with one attached hydrogen (secondary N) is 1. The lowest BCUT2D eigenvalue weighted by atomic mass is 9.60. The molecule has 192 valence electrons. The van der Waals surface area contributed by atoms with Crippen LogP contribution >= 0.6 is 0 Å². The van der Waals surface area contributed by atoms with Crippen LogP contribution in [0.5, 0.6) is 5.75 Å². The van der Waals surface area contributed by atoms with Gasteiger partial charge < -0.3 is 14.5 Å². The molecule has 3 heterocycles. The molecule has 3 fully saturated rings. The summed E-state index contributed by atoms with van der Waals surface area (Å²) in [7, 11) is 1.73. The summed E-state index contributed by atoms with van der Waals surface area (Å²) in [6.07, 6.45) is 7.22. The zero-order valence-electron chi connectivity index (χ0n) is 22.1. The van der Waals surface area contributed by atoms with Crippen molar-refractivity contribution in [2.75, 3.05) is 39.8 Å². The number of fused-ring (bicyclic) bond motifs is 1. The number of piperidine rings is 1. The SMILES string of the molecule is COc1cc(CN2CCN(C3CC4(CCNCC4)C3)[C@H](c3ccccc3C(C)C)C2)cc2ccoc12. The van der Waals surface area contributed by atoms with E-state index in [1.54, 1.807) is 13.4 Å². The molecular formula is C31H41N3O2. The minimum atomic E-state index is 0.445. The maximum Gasteiger partial charge on any atom is 0.175 e. The van der Waals surface area contributed by atoms with Gasteiger partial charge in [-0.3, -0.25) is 9.80 Å². The fourth-order valence-electron chi connectivity index (χ4n) is 7.20. The van der Waals surface area contributed by atoms with Gasteiger partial charge in [-0.05, 0) is 85.0 Å². The monoisotopic (exact) mass is 487 g/mol. The summed E-state index contributed by atoms with van der Waals surface area (Å²) < 4.78 is 11.3. The largest absolute Gasteiger partial charge is 0.493 e. The maximum absolute atomic E-state index is 5.65. The quantitative estimate of drug-likeness (QED) is 0.465. The second-order valence-corrected chi connectivity index (χ2v) is 11.7. The maximum atomic E-state index is 5.65. The molecule has 2 aliphatic heterocycles. The number of rotatable bonds is 6. The molecule has 3 aliphatic rings. The van der Waals surface area contributed by atoms with Gasteiger partial charge in [-0.25, -0.2) is 0 Å². The van der Waals surface area contributed by atoms with Gasteiger partial charge in [0, 0.05) is 43.6 Å². The highest BCUT2D eigenvalue weighted by Gasteiger charge is 2.49. The first-order valence-electron chi connectivity index (χ1n) is 13.9. The molecule has 1 N–H and O–H groups in total. The third kappa shape index (κ3) is 4.46. The van der Waals surface area contributed by atoms with Crippen LogP contribution in [0.15, 0.2) is 53.1 Å². The molecule has 0 unspecified atom stereocenters. The number of ether oxygens (including phenoxy) is 1. The molecule has 1 atom stereocenters. The van der Waals surface area contributed by atoms with Crippen LogP contribution in [0.1, 0.15) is 68.2 Å². The molecule has 3 aromatic rings. The smallest absolute Gasteiger partial charge is 0.175 e. The molecule has 5 heteroatoms. The fraction of sp³-hybridized carbons (Fsp3) is 0.548. The lowest BCUT2D eigenvalue weighted by Crippen LogP contribution is -2.59. The lowest BCUT2D eigenvalue weighted by molar-refractivity contribution is -0.0650. The molecule has 1 saturated carbocycles. The van der Waals surface area contributed by atoms with E-state index in [9.17, 15) is 0 Å². The Morgan fingerprint density at radius 3 is 2.67 bits per heavy atom. The van der Waals surface area contributed by atoms with E-state index in [0.29, 0.717) is 17.4 Å². The van der Waals surface area contributed by atoms with Gasteiger partial charge in [0.05, 0.1) is 13.4 Å². The van der Waals surface area contributed by atoms with Crippen molar-refractivity contribution in [3.05, 3.63) is 65.4 Å². The summed E-state index contributed by atoms with van der Waals surface area (Å²) in [5.41, 5.74) is 5.78. The van der Waals surface area contributed by atoms with Gasteiger partial charge in [0.25, 0.3) is 0 Å². The van der Waals surface area contributed by atoms with Crippen molar-refractivity contribution < 1.29 is 9.15 Å². The Balaban J connectivity index is 1.25. The minimum absolute atomic E-state index is 0.445. The zero-order valence-corrected chi connectivity index (χ0v) is 22.1. The summed E-state index contributed by atoms with van der Waals surface area (Å²) in [5.74, 6) is 1.36. The number of piperazine rings is 1. The molecule has 1 aliphatic carbocycles. The van der Waals surface area contributed by atoms with E-state index in [-0.39, 0.29) is 0 Å². The number of benzene rings is 2. The average molecular weight is 488 g/mol. The van der Waals surface area contributed by atoms with Crippen molar-refractivity contribution in [1.82, 2.24) is 15.1 Å². The lowest BCUT2D eigenvalue weighted by Gasteiger charge is -2.57. The molecule has 36 heavy (non-hydrogen) atoms. The Hall–Kier alpha value is -2.34. The van der Waals surface area contributed by atoms with Crippen LogP contribution in [-0.2, 0) is 6.54 Å². The summed E-state index contributed by atoms with van der Waals surface area (Å²) in [6.45, 7) is 11.3. The highest BCUT2D eigenvalue weighted by Crippen LogP contribution is 2.52. The Kier molecular flexibility index (Phi) is 6.57. The van der Waals surface area contributed by atoms with Crippen LogP contribution in [0.4, 0.5) is 0 Å². The second kappa shape index (κ2) is 9.85. The molecular weight excluding hydrogens is 446 g/mol. The topological polar surface area (TPSA) is 40.9 Å². The molecule has 2 saturated heterocycles. The van der Waals surface area contributed by atoms with Crippen molar-refractivity contribution in [2.24, 2.45) is 5.41 Å². The number of hydrogen-bond acceptors (Lipinski definition) is 5. The van der Waals surface area contributed by atoms with Gasteiger partial charge in [-0.1, -0.05) is 38.1 Å². The van der Waals surface area contributed by atoms with Crippen molar-refractivity contribution in [2.45, 2.75) is 64.1 Å². The van der Waals surface area contributed by atoms with Crippen molar-refractivity contribution >= 4 is 11.0 Å². The van der Waals surface area contributed by atoms with E-state index in [2.05, 4.69) is 65.4 Å². The highest BCUT2D eigenvalue weighted by atomic mass is 16.5. The summed E-state index contributed by atoms with van der Waals surface area (Å²) in [5, 5.41) is 4.69. The van der Waals surface area contributed by atoms with Gasteiger partial charge in [0.1, 0.15) is 0 Å². The summed E-state index contributed by atoms with van der Waals surface area (Å²) in [4.78, 5) is 5.53. The van der Waals surface area contributed by atoms with Gasteiger partial charge in [0.2, 0.25) is 0 Å². The first-order chi connectivity index (χ1) is 17.5. The molecule has 1 spiro atoms. The van der Waals surface area contributed by atoms with E-state index in [4.69, 9.17) is 9.15 Å². The van der Waals surface area contributed by atoms with Crippen LogP contribution in [0.25, 0.3) is 11.0 Å². The van der Waals surface area contributed by atoms with Crippen molar-refractivity contribution in [1.29, 1.82) is 0 Å². The van der Waals surface area contributed by atoms with E-state index in [0.717, 1.165) is 48.9 Å². The average Bonchev–Trinajstić information content (AvgIpc) is 3.36. The minimum Gasteiger partial charge on any atom is -0.493 e. The predicted octanol–water partition coefficient (Wildman–Crippen LogP) is 5.96. The first-order valence-corrected chi connectivity index (χ1v) is 13.9. The first kappa shape index (κ1) is 24.0. The normalized spacial score (nSPS) is 23.4. The third-order valence-electron chi connectivity index (χ3n) is 9.16. The molecule has 5 nitrogen and oxygen atoms in total. The van der Waals surface area contributed by atoms with Gasteiger partial charge in [-0.15, -0.1) is 0 Å². The van der Waals surface area contributed by atoms with Crippen molar-refractivity contribution in [3.8, 4) is 5.75 Å². The molecule has 1 aromatic heterocycles. The Bertz CT molecular complexity index is 1190. The predicted molar refractivity (Wildman–Crippen MR) is 146 cm³/mol. The molecule has 0 amide bonds. The van der Waals surface area contributed by atoms with Crippen LogP contribution < -0.4 is 10.1 Å². The highest BCUT2D eigenvalue weighted by molar-refractivity contribution is 5.83. The Morgan fingerprint density at radius 2 is 1.89 bits per heavy atom. The second-order valence-electron chi connectivity index (χ2n) is 11.7. The number of nitrogens with zero attached hydrogens (tertiary/aromatic N) is 2. The molecule has 2 aromatic carbocycles. The number of furan rings is 1. The number of hydrogen-bond donors (Lipinski definition) is 1. The molecule has 0 bridgehead atoms. The Labute approximate surface area is 215 Å². The summed E-state index contributed by atoms with van der Waals surface area (Å²) in [6, 6.07) is 16.8. The van der Waals surface area contributed by atoms with E-state index in [1.807, 2.05) is 6.07 Å². The van der Waals surface area contributed by atoms with Gasteiger partial charge in [0.15, 0.2) is 11.3 Å². The number of methoxy groups -OCH3 is 1. The standard InChI is InChI=1S/C31H41N3O2/c1-22(2)26-6-4-5-7-27(26)28-21-33(20-23-16-24-8-15-36-30(24)29(17-23)35-3)13-14-34(28)25-18-31(19-25)9-11-32-12-10-31/h4-8,15-17,22,25,28,32H,9-14,18-21H2,1-3H3/t28-/m0/s1. The van der Waals surface area contributed by atoms with Crippen LogP contribution in [-0.4, -0.2) is 55.7 Å². The molecule has 6 rings (SSSR count).